The number of aromatic nitrogens is 1. The van der Waals surface area contributed by atoms with Gasteiger partial charge in [0.2, 0.25) is 11.8 Å². The molecule has 0 saturated heterocycles. The van der Waals surface area contributed by atoms with Gasteiger partial charge in [-0.3, -0.25) is 4.79 Å². The molecular weight excluding hydrogens is 276 g/mol. The SMILES string of the molecule is CSc1ccc(-c2nc(COCC(N)=O)c(C)o2)cc1. The van der Waals surface area contributed by atoms with Crippen molar-refractivity contribution in [2.24, 2.45) is 5.73 Å². The summed E-state index contributed by atoms with van der Waals surface area (Å²) in [5, 5.41) is 0. The molecule has 106 valence electrons. The Hall–Kier alpha value is -1.79. The van der Waals surface area contributed by atoms with Gasteiger partial charge < -0.3 is 14.9 Å². The molecule has 2 N–H and O–H groups in total. The number of carbonyl (C=O) groups excluding carboxylic acids is 1. The minimum absolute atomic E-state index is 0.121. The van der Waals surface area contributed by atoms with E-state index < -0.39 is 5.91 Å². The van der Waals surface area contributed by atoms with E-state index in [0.29, 0.717) is 17.3 Å². The summed E-state index contributed by atoms with van der Waals surface area (Å²) >= 11 is 1.68. The minimum atomic E-state index is -0.501. The van der Waals surface area contributed by atoms with Crippen LogP contribution in [-0.2, 0) is 16.1 Å². The lowest BCUT2D eigenvalue weighted by molar-refractivity contribution is -0.122. The Balaban J connectivity index is 2.11. The van der Waals surface area contributed by atoms with Gasteiger partial charge in [0.25, 0.3) is 0 Å². The summed E-state index contributed by atoms with van der Waals surface area (Å²) in [5.74, 6) is 0.727. The van der Waals surface area contributed by atoms with Crippen LogP contribution in [0.5, 0.6) is 0 Å². The van der Waals surface area contributed by atoms with E-state index in [1.54, 1.807) is 11.8 Å². The van der Waals surface area contributed by atoms with Crippen LogP contribution in [-0.4, -0.2) is 23.8 Å². The summed E-state index contributed by atoms with van der Waals surface area (Å²) < 4.78 is 10.8. The highest BCUT2D eigenvalue weighted by atomic mass is 32.2. The number of benzene rings is 1. The number of aryl methyl sites for hydroxylation is 1. The van der Waals surface area contributed by atoms with E-state index in [2.05, 4.69) is 4.98 Å². The van der Waals surface area contributed by atoms with Gasteiger partial charge in [0, 0.05) is 10.5 Å². The molecule has 1 aromatic carbocycles. The van der Waals surface area contributed by atoms with Crippen molar-refractivity contribution in [3.63, 3.8) is 0 Å². The molecule has 1 amide bonds. The molecule has 0 bridgehead atoms. The number of hydrogen-bond acceptors (Lipinski definition) is 5. The second-order valence-electron chi connectivity index (χ2n) is 4.21. The van der Waals surface area contributed by atoms with Crippen LogP contribution in [0.1, 0.15) is 11.5 Å². The fraction of sp³-hybridized carbons (Fsp3) is 0.286. The number of thioether (sulfide) groups is 1. The van der Waals surface area contributed by atoms with Crippen LogP contribution in [0.2, 0.25) is 0 Å². The maximum absolute atomic E-state index is 10.6. The Bertz CT molecular complexity index is 593. The molecule has 0 fully saturated rings. The van der Waals surface area contributed by atoms with Crippen molar-refractivity contribution in [1.82, 2.24) is 4.98 Å². The molecule has 0 unspecified atom stereocenters. The third-order valence-electron chi connectivity index (χ3n) is 2.71. The first kappa shape index (κ1) is 14.6. The van der Waals surface area contributed by atoms with Crippen molar-refractivity contribution in [2.45, 2.75) is 18.4 Å². The van der Waals surface area contributed by atoms with Gasteiger partial charge in [-0.25, -0.2) is 4.98 Å². The molecule has 0 aliphatic heterocycles. The van der Waals surface area contributed by atoms with Crippen molar-refractivity contribution in [2.75, 3.05) is 12.9 Å². The molecule has 0 aliphatic rings. The van der Waals surface area contributed by atoms with E-state index in [4.69, 9.17) is 14.9 Å². The minimum Gasteiger partial charge on any atom is -0.441 e. The number of amides is 1. The van der Waals surface area contributed by atoms with Crippen LogP contribution in [0.15, 0.2) is 33.6 Å². The Morgan fingerprint density at radius 1 is 1.40 bits per heavy atom. The van der Waals surface area contributed by atoms with Gasteiger partial charge >= 0.3 is 0 Å². The molecular formula is C14H16N2O3S. The van der Waals surface area contributed by atoms with Crippen molar-refractivity contribution in [1.29, 1.82) is 0 Å². The molecule has 0 atom stereocenters. The Kier molecular flexibility index (Phi) is 4.81. The third kappa shape index (κ3) is 3.61. The number of nitrogens with two attached hydrogens (primary N) is 1. The first-order valence-electron chi connectivity index (χ1n) is 6.07. The summed E-state index contributed by atoms with van der Waals surface area (Å²) in [4.78, 5) is 16.2. The highest BCUT2D eigenvalue weighted by Gasteiger charge is 2.11. The van der Waals surface area contributed by atoms with Gasteiger partial charge in [0.15, 0.2) is 0 Å². The summed E-state index contributed by atoms with van der Waals surface area (Å²) in [7, 11) is 0. The summed E-state index contributed by atoms with van der Waals surface area (Å²) in [6, 6.07) is 7.96. The second-order valence-corrected chi connectivity index (χ2v) is 5.09. The summed E-state index contributed by atoms with van der Waals surface area (Å²) in [6.07, 6.45) is 2.03. The van der Waals surface area contributed by atoms with Crippen molar-refractivity contribution >= 4 is 17.7 Å². The molecule has 1 heterocycles. The fourth-order valence-electron chi connectivity index (χ4n) is 1.67. The first-order chi connectivity index (χ1) is 9.60. The van der Waals surface area contributed by atoms with E-state index in [1.807, 2.05) is 37.4 Å². The van der Waals surface area contributed by atoms with E-state index >= 15 is 0 Å². The number of primary amides is 1. The van der Waals surface area contributed by atoms with Crippen LogP contribution < -0.4 is 5.73 Å². The Morgan fingerprint density at radius 2 is 2.10 bits per heavy atom. The van der Waals surface area contributed by atoms with Gasteiger partial charge in [0.05, 0.1) is 6.61 Å². The van der Waals surface area contributed by atoms with Gasteiger partial charge in [-0.2, -0.15) is 0 Å². The number of hydrogen-bond donors (Lipinski definition) is 1. The fourth-order valence-corrected chi connectivity index (χ4v) is 2.08. The largest absolute Gasteiger partial charge is 0.441 e. The summed E-state index contributed by atoms with van der Waals surface area (Å²) in [6.45, 7) is 1.90. The highest BCUT2D eigenvalue weighted by molar-refractivity contribution is 7.98. The molecule has 1 aromatic heterocycles. The number of oxazole rings is 1. The number of nitrogens with zero attached hydrogens (tertiary/aromatic N) is 1. The van der Waals surface area contributed by atoms with Crippen molar-refractivity contribution < 1.29 is 13.9 Å². The van der Waals surface area contributed by atoms with E-state index in [-0.39, 0.29) is 13.2 Å². The van der Waals surface area contributed by atoms with Crippen molar-refractivity contribution in [3.05, 3.63) is 35.7 Å². The predicted octanol–water partition coefficient (Wildman–Crippen LogP) is 2.37. The standard InChI is InChI=1S/C14H16N2O3S/c1-9-12(7-18-8-13(15)17)16-14(19-9)10-3-5-11(20-2)6-4-10/h3-6H,7-8H2,1-2H3,(H2,15,17). The molecule has 0 saturated carbocycles. The van der Waals surface area contributed by atoms with E-state index in [1.165, 1.54) is 4.90 Å². The van der Waals surface area contributed by atoms with Crippen LogP contribution in [0, 0.1) is 6.92 Å². The molecule has 2 rings (SSSR count). The van der Waals surface area contributed by atoms with Crippen LogP contribution >= 0.6 is 11.8 Å². The smallest absolute Gasteiger partial charge is 0.243 e. The quantitative estimate of drug-likeness (QED) is 0.827. The molecule has 5 nitrogen and oxygen atoms in total. The predicted molar refractivity (Wildman–Crippen MR) is 77.3 cm³/mol. The Labute approximate surface area is 121 Å². The van der Waals surface area contributed by atoms with Crippen molar-refractivity contribution in [3.8, 4) is 11.5 Å². The molecule has 6 heteroatoms. The van der Waals surface area contributed by atoms with Gasteiger partial charge in [-0.05, 0) is 37.4 Å². The van der Waals surface area contributed by atoms with E-state index in [9.17, 15) is 4.79 Å². The monoisotopic (exact) mass is 292 g/mol. The van der Waals surface area contributed by atoms with Gasteiger partial charge in [-0.15, -0.1) is 11.8 Å². The first-order valence-corrected chi connectivity index (χ1v) is 7.29. The molecule has 2 aromatic rings. The molecule has 20 heavy (non-hydrogen) atoms. The highest BCUT2D eigenvalue weighted by Crippen LogP contribution is 2.24. The van der Waals surface area contributed by atoms with Crippen LogP contribution in [0.4, 0.5) is 0 Å². The van der Waals surface area contributed by atoms with Gasteiger partial charge in [0.1, 0.15) is 18.1 Å². The molecule has 0 radical (unpaired) electrons. The Morgan fingerprint density at radius 3 is 2.70 bits per heavy atom. The number of rotatable bonds is 6. The number of ether oxygens (including phenoxy) is 1. The molecule has 0 aliphatic carbocycles. The normalized spacial score (nSPS) is 10.7. The molecule has 0 spiro atoms. The van der Waals surface area contributed by atoms with E-state index in [0.717, 1.165) is 5.56 Å². The van der Waals surface area contributed by atoms with Gasteiger partial charge in [-0.1, -0.05) is 0 Å². The number of carbonyl (C=O) groups is 1. The van der Waals surface area contributed by atoms with Crippen LogP contribution in [0.25, 0.3) is 11.5 Å². The van der Waals surface area contributed by atoms with Crippen LogP contribution in [0.3, 0.4) is 0 Å². The maximum atomic E-state index is 10.6. The third-order valence-corrected chi connectivity index (χ3v) is 3.46. The summed E-state index contributed by atoms with van der Waals surface area (Å²) in [5.41, 5.74) is 6.59. The topological polar surface area (TPSA) is 78.4 Å². The lowest BCUT2D eigenvalue weighted by Crippen LogP contribution is -2.18. The maximum Gasteiger partial charge on any atom is 0.243 e. The average molecular weight is 292 g/mol. The average Bonchev–Trinajstić information content (AvgIpc) is 2.80. The zero-order chi connectivity index (χ0) is 14.5. The zero-order valence-electron chi connectivity index (χ0n) is 11.4. The lowest BCUT2D eigenvalue weighted by atomic mass is 10.2. The zero-order valence-corrected chi connectivity index (χ0v) is 12.2. The second kappa shape index (κ2) is 6.58. The lowest BCUT2D eigenvalue weighted by Gasteiger charge is -1.98.